The highest BCUT2D eigenvalue weighted by molar-refractivity contribution is 7.92. The van der Waals surface area contributed by atoms with E-state index in [2.05, 4.69) is 9.46 Å². The van der Waals surface area contributed by atoms with Crippen molar-refractivity contribution in [2.75, 3.05) is 24.1 Å². The molecule has 3 aromatic rings. The van der Waals surface area contributed by atoms with Crippen LogP contribution in [-0.4, -0.2) is 57.1 Å². The molecule has 1 atom stereocenters. The Morgan fingerprint density at radius 2 is 1.80 bits per heavy atom. The standard InChI is InChI=1S/C29H25Cl2F2N3O9S/c1-46(41,42)34-21-4-2-3-17-26(21)28(39)36(27(17)38)13-25(37)44-23(10-18-19(30)11-35(40)12-20(18)31)16-7-8-22(45-29(32)33)24(9-16)43-14-15-5-6-15/h2-4,7-9,11-12,15,23,29,34H,5-6,10,13-14H2,1H3/t23-/m0/s1. The van der Waals surface area contributed by atoms with Crippen LogP contribution in [-0.2, 0) is 26.0 Å². The zero-order chi connectivity index (χ0) is 33.3. The molecule has 2 aliphatic rings. The fraction of sp³-hybridized carbons (Fsp3) is 0.310. The van der Waals surface area contributed by atoms with Gasteiger partial charge in [-0.2, -0.15) is 13.5 Å². The monoisotopic (exact) mass is 699 g/mol. The van der Waals surface area contributed by atoms with Crippen molar-refractivity contribution in [2.45, 2.75) is 32.0 Å². The summed E-state index contributed by atoms with van der Waals surface area (Å²) < 4.78 is 68.5. The molecule has 17 heteroatoms. The summed E-state index contributed by atoms with van der Waals surface area (Å²) in [5.74, 6) is -2.89. The van der Waals surface area contributed by atoms with Crippen LogP contribution in [0.2, 0.25) is 10.0 Å². The minimum atomic E-state index is -3.81. The third kappa shape index (κ3) is 7.77. The number of rotatable bonds is 13. The lowest BCUT2D eigenvalue weighted by Crippen LogP contribution is -2.36. The van der Waals surface area contributed by atoms with Crippen LogP contribution in [0.4, 0.5) is 14.5 Å². The highest BCUT2D eigenvalue weighted by Crippen LogP contribution is 2.38. The molecule has 46 heavy (non-hydrogen) atoms. The number of pyridine rings is 1. The molecule has 0 bridgehead atoms. The molecule has 1 aliphatic carbocycles. The van der Waals surface area contributed by atoms with E-state index in [4.69, 9.17) is 32.7 Å². The van der Waals surface area contributed by atoms with Gasteiger partial charge < -0.3 is 19.4 Å². The fourth-order valence-corrected chi connectivity index (χ4v) is 5.92. The van der Waals surface area contributed by atoms with Gasteiger partial charge in [-0.1, -0.05) is 35.3 Å². The first-order valence-corrected chi connectivity index (χ1v) is 16.3. The number of benzene rings is 2. The van der Waals surface area contributed by atoms with Crippen LogP contribution in [0.15, 0.2) is 48.8 Å². The Balaban J connectivity index is 1.44. The second kappa shape index (κ2) is 13.3. The maximum Gasteiger partial charge on any atom is 0.387 e. The van der Waals surface area contributed by atoms with Crippen molar-refractivity contribution in [1.82, 2.24) is 4.90 Å². The number of imide groups is 1. The van der Waals surface area contributed by atoms with E-state index >= 15 is 0 Å². The number of sulfonamides is 1. The van der Waals surface area contributed by atoms with E-state index in [0.29, 0.717) is 9.63 Å². The topological polar surface area (TPSA) is 155 Å². The van der Waals surface area contributed by atoms with E-state index in [1.807, 2.05) is 0 Å². The Morgan fingerprint density at radius 1 is 1.11 bits per heavy atom. The Labute approximate surface area is 271 Å². The van der Waals surface area contributed by atoms with Crippen molar-refractivity contribution in [3.8, 4) is 11.5 Å². The smallest absolute Gasteiger partial charge is 0.387 e. The predicted octanol–water partition coefficient (Wildman–Crippen LogP) is 4.51. The van der Waals surface area contributed by atoms with E-state index in [0.717, 1.165) is 31.5 Å². The van der Waals surface area contributed by atoms with Crippen LogP contribution in [0.5, 0.6) is 11.5 Å². The van der Waals surface area contributed by atoms with E-state index in [1.54, 1.807) is 0 Å². The number of carbonyl (C=O) groups excluding carboxylic acids is 3. The summed E-state index contributed by atoms with van der Waals surface area (Å²) >= 11 is 12.6. The van der Waals surface area contributed by atoms with Gasteiger partial charge in [0.2, 0.25) is 10.0 Å². The van der Waals surface area contributed by atoms with Gasteiger partial charge in [0.05, 0.1) is 29.7 Å². The summed E-state index contributed by atoms with van der Waals surface area (Å²) in [6, 6.07) is 7.89. The number of ether oxygens (including phenoxy) is 3. The van der Waals surface area contributed by atoms with Crippen molar-refractivity contribution in [3.05, 3.63) is 86.3 Å². The molecular weight excluding hydrogens is 675 g/mol. The number of aromatic nitrogens is 1. The number of hydrogen-bond donors (Lipinski definition) is 1. The van der Waals surface area contributed by atoms with Gasteiger partial charge in [-0.15, -0.1) is 0 Å². The average Bonchev–Trinajstić information content (AvgIpc) is 3.75. The van der Waals surface area contributed by atoms with Crippen LogP contribution < -0.4 is 18.9 Å². The first-order chi connectivity index (χ1) is 21.7. The number of carbonyl (C=O) groups is 3. The predicted molar refractivity (Wildman–Crippen MR) is 160 cm³/mol. The zero-order valence-corrected chi connectivity index (χ0v) is 26.2. The normalized spacial score (nSPS) is 15.1. The van der Waals surface area contributed by atoms with Gasteiger partial charge in [0, 0.05) is 12.0 Å². The van der Waals surface area contributed by atoms with Gasteiger partial charge in [0.25, 0.3) is 11.8 Å². The molecule has 1 saturated carbocycles. The third-order valence-corrected chi connectivity index (χ3v) is 8.27. The number of alkyl halides is 2. The number of anilines is 1. The second-order valence-electron chi connectivity index (χ2n) is 10.6. The van der Waals surface area contributed by atoms with Gasteiger partial charge in [0.1, 0.15) is 22.7 Å². The molecule has 0 radical (unpaired) electrons. The lowest BCUT2D eigenvalue weighted by molar-refractivity contribution is -0.605. The van der Waals surface area contributed by atoms with Crippen LogP contribution in [0, 0.1) is 11.1 Å². The van der Waals surface area contributed by atoms with Crippen LogP contribution in [0.25, 0.3) is 0 Å². The molecule has 5 rings (SSSR count). The number of fused-ring (bicyclic) bond motifs is 1. The number of hydrogen-bond acceptors (Lipinski definition) is 9. The van der Waals surface area contributed by atoms with Crippen molar-refractivity contribution < 1.29 is 50.5 Å². The van der Waals surface area contributed by atoms with Crippen molar-refractivity contribution in [1.29, 1.82) is 0 Å². The Hall–Kier alpha value is -4.21. The molecule has 0 unspecified atom stereocenters. The van der Waals surface area contributed by atoms with E-state index < -0.39 is 47.1 Å². The highest BCUT2D eigenvalue weighted by atomic mass is 35.5. The first kappa shape index (κ1) is 33.2. The SMILES string of the molecule is CS(=O)(=O)Nc1cccc2c1C(=O)N(CC(=O)O[C@@H](Cc1c(Cl)c[n+]([O-])cc1Cl)c1ccc(OC(F)F)c(OCC3CC3)c1)C2=O. The van der Waals surface area contributed by atoms with Crippen molar-refractivity contribution >= 4 is 56.7 Å². The van der Waals surface area contributed by atoms with Gasteiger partial charge in [-0.3, -0.25) is 24.0 Å². The molecule has 1 N–H and O–H groups in total. The summed E-state index contributed by atoms with van der Waals surface area (Å²) in [7, 11) is -3.81. The first-order valence-electron chi connectivity index (χ1n) is 13.6. The minimum Gasteiger partial charge on any atom is -0.619 e. The quantitative estimate of drug-likeness (QED) is 0.117. The largest absolute Gasteiger partial charge is 0.619 e. The molecule has 1 aliphatic heterocycles. The molecule has 0 saturated heterocycles. The van der Waals surface area contributed by atoms with Gasteiger partial charge in [-0.05, 0) is 48.6 Å². The van der Waals surface area contributed by atoms with E-state index in [1.165, 1.54) is 36.4 Å². The van der Waals surface area contributed by atoms with Crippen LogP contribution in [0.3, 0.4) is 0 Å². The van der Waals surface area contributed by atoms with Crippen molar-refractivity contribution in [2.24, 2.45) is 5.92 Å². The number of nitrogens with zero attached hydrogens (tertiary/aromatic N) is 2. The maximum atomic E-state index is 13.3. The number of nitrogens with one attached hydrogen (secondary N) is 1. The summed E-state index contributed by atoms with van der Waals surface area (Å²) in [5, 5.41) is 11.7. The molecule has 1 aromatic heterocycles. The Morgan fingerprint density at radius 3 is 2.43 bits per heavy atom. The lowest BCUT2D eigenvalue weighted by Gasteiger charge is -2.22. The second-order valence-corrected chi connectivity index (χ2v) is 13.2. The van der Waals surface area contributed by atoms with Gasteiger partial charge in [0.15, 0.2) is 23.9 Å². The molecule has 12 nitrogen and oxygen atoms in total. The Kier molecular flexibility index (Phi) is 9.56. The van der Waals surface area contributed by atoms with Crippen LogP contribution in [0.1, 0.15) is 50.8 Å². The molecule has 1 fully saturated rings. The van der Waals surface area contributed by atoms with Gasteiger partial charge >= 0.3 is 12.6 Å². The average molecular weight is 701 g/mol. The van der Waals surface area contributed by atoms with E-state index in [9.17, 15) is 36.8 Å². The highest BCUT2D eigenvalue weighted by Gasteiger charge is 2.40. The lowest BCUT2D eigenvalue weighted by atomic mass is 10.0. The summed E-state index contributed by atoms with van der Waals surface area (Å²) in [4.78, 5) is 40.2. The minimum absolute atomic E-state index is 0.0420. The number of amides is 2. The Bertz CT molecular complexity index is 1800. The van der Waals surface area contributed by atoms with Gasteiger partial charge in [-0.25, -0.2) is 8.42 Å². The molecular formula is C29H25Cl2F2N3O9S. The molecule has 2 amide bonds. The number of esters is 1. The van der Waals surface area contributed by atoms with Crippen LogP contribution >= 0.6 is 23.2 Å². The summed E-state index contributed by atoms with van der Waals surface area (Å²) in [5.41, 5.74) is -0.0552. The molecule has 0 spiro atoms. The van der Waals surface area contributed by atoms with Crippen molar-refractivity contribution in [3.63, 3.8) is 0 Å². The summed E-state index contributed by atoms with van der Waals surface area (Å²) in [6.07, 6.45) is 3.31. The van der Waals surface area contributed by atoms with E-state index in [-0.39, 0.29) is 68.4 Å². The fourth-order valence-electron chi connectivity index (χ4n) is 4.75. The molecule has 2 heterocycles. The third-order valence-electron chi connectivity index (χ3n) is 7.03. The summed E-state index contributed by atoms with van der Waals surface area (Å²) in [6.45, 7) is -3.77. The molecule has 2 aromatic carbocycles. The maximum absolute atomic E-state index is 13.3. The zero-order valence-electron chi connectivity index (χ0n) is 23.9. The number of halogens is 4. The molecule has 244 valence electrons.